The van der Waals surface area contributed by atoms with Gasteiger partial charge in [0.1, 0.15) is 5.82 Å². The first-order chi connectivity index (χ1) is 13.1. The van der Waals surface area contributed by atoms with Crippen molar-refractivity contribution in [2.75, 3.05) is 19.6 Å². The molecule has 1 amide bonds. The average molecular weight is 370 g/mol. The molecule has 0 atom stereocenters. The van der Waals surface area contributed by atoms with Crippen LogP contribution in [-0.2, 0) is 17.8 Å². The third-order valence-electron chi connectivity index (χ3n) is 3.88. The van der Waals surface area contributed by atoms with Crippen LogP contribution < -0.4 is 16.0 Å². The second-order valence-corrected chi connectivity index (χ2v) is 6.26. The highest BCUT2D eigenvalue weighted by molar-refractivity contribution is 5.80. The third kappa shape index (κ3) is 7.90. The lowest BCUT2D eigenvalue weighted by molar-refractivity contribution is -0.120. The molecule has 0 aliphatic carbocycles. The fourth-order valence-electron chi connectivity index (χ4n) is 2.48. The molecule has 5 nitrogen and oxygen atoms in total. The Bertz CT molecular complexity index is 759. The Kier molecular flexibility index (Phi) is 8.29. The van der Waals surface area contributed by atoms with Gasteiger partial charge in [-0.2, -0.15) is 0 Å². The smallest absolute Gasteiger partial charge is 0.224 e. The van der Waals surface area contributed by atoms with Crippen molar-refractivity contribution >= 4 is 11.9 Å². The van der Waals surface area contributed by atoms with E-state index in [1.54, 1.807) is 12.1 Å². The lowest BCUT2D eigenvalue weighted by Crippen LogP contribution is -2.41. The molecule has 2 rings (SSSR count). The van der Waals surface area contributed by atoms with E-state index in [1.807, 2.05) is 6.92 Å². The summed E-state index contributed by atoms with van der Waals surface area (Å²) in [5.74, 6) is 0.239. The monoisotopic (exact) mass is 370 g/mol. The van der Waals surface area contributed by atoms with E-state index in [-0.39, 0.29) is 18.1 Å². The van der Waals surface area contributed by atoms with Gasteiger partial charge in [-0.05, 0) is 37.1 Å². The zero-order chi connectivity index (χ0) is 19.5. The van der Waals surface area contributed by atoms with Crippen molar-refractivity contribution < 1.29 is 9.18 Å². The molecule has 0 fully saturated rings. The van der Waals surface area contributed by atoms with E-state index >= 15 is 0 Å². The van der Waals surface area contributed by atoms with Crippen LogP contribution in [0.5, 0.6) is 0 Å². The molecular formula is C21H27FN4O. The predicted octanol–water partition coefficient (Wildman–Crippen LogP) is 2.55. The zero-order valence-electron chi connectivity index (χ0n) is 15.9. The van der Waals surface area contributed by atoms with Crippen LogP contribution in [0.1, 0.15) is 23.6 Å². The van der Waals surface area contributed by atoms with Gasteiger partial charge in [-0.15, -0.1) is 0 Å². The van der Waals surface area contributed by atoms with E-state index in [4.69, 9.17) is 0 Å². The summed E-state index contributed by atoms with van der Waals surface area (Å²) >= 11 is 0. The quantitative estimate of drug-likeness (QED) is 0.380. The van der Waals surface area contributed by atoms with Gasteiger partial charge in [-0.1, -0.05) is 42.0 Å². The first-order valence-corrected chi connectivity index (χ1v) is 9.15. The minimum atomic E-state index is -0.331. The highest BCUT2D eigenvalue weighted by Gasteiger charge is 2.04. The molecule has 6 heteroatoms. The molecule has 27 heavy (non-hydrogen) atoms. The molecule has 0 radical (unpaired) electrons. The van der Waals surface area contributed by atoms with Crippen molar-refractivity contribution in [1.82, 2.24) is 16.0 Å². The third-order valence-corrected chi connectivity index (χ3v) is 3.88. The maximum Gasteiger partial charge on any atom is 0.224 e. The summed E-state index contributed by atoms with van der Waals surface area (Å²) in [5, 5.41) is 9.20. The number of nitrogens with zero attached hydrogens (tertiary/aromatic N) is 1. The normalized spacial score (nSPS) is 11.1. The fraction of sp³-hybridized carbons (Fsp3) is 0.333. The van der Waals surface area contributed by atoms with Crippen molar-refractivity contribution in [3.05, 3.63) is 71.0 Å². The van der Waals surface area contributed by atoms with Gasteiger partial charge in [0.15, 0.2) is 5.96 Å². The van der Waals surface area contributed by atoms with Crippen LogP contribution in [0.25, 0.3) is 0 Å². The summed E-state index contributed by atoms with van der Waals surface area (Å²) in [4.78, 5) is 16.5. The molecule has 0 aliphatic heterocycles. The van der Waals surface area contributed by atoms with Gasteiger partial charge in [-0.3, -0.25) is 4.79 Å². The van der Waals surface area contributed by atoms with Crippen LogP contribution >= 0.6 is 0 Å². The molecule has 0 aliphatic rings. The van der Waals surface area contributed by atoms with Gasteiger partial charge >= 0.3 is 0 Å². The van der Waals surface area contributed by atoms with Crippen molar-refractivity contribution in [2.24, 2.45) is 4.99 Å². The molecular weight excluding hydrogens is 343 g/mol. The molecule has 0 saturated heterocycles. The number of aryl methyl sites for hydroxylation is 1. The van der Waals surface area contributed by atoms with Gasteiger partial charge in [-0.25, -0.2) is 9.38 Å². The van der Waals surface area contributed by atoms with Crippen molar-refractivity contribution in [3.8, 4) is 0 Å². The summed E-state index contributed by atoms with van der Waals surface area (Å²) in [7, 11) is 0. The molecule has 0 unspecified atom stereocenters. The first kappa shape index (κ1) is 20.4. The Labute approximate surface area is 160 Å². The van der Waals surface area contributed by atoms with E-state index in [0.29, 0.717) is 31.2 Å². The SMILES string of the molecule is CCNC(=NCc1ccc(C)cc1)NCCNC(=O)Cc1cccc(F)c1. The topological polar surface area (TPSA) is 65.5 Å². The maximum atomic E-state index is 13.1. The van der Waals surface area contributed by atoms with Crippen molar-refractivity contribution in [1.29, 1.82) is 0 Å². The second-order valence-electron chi connectivity index (χ2n) is 6.26. The number of nitrogens with one attached hydrogen (secondary N) is 3. The highest BCUT2D eigenvalue weighted by atomic mass is 19.1. The van der Waals surface area contributed by atoms with E-state index in [0.717, 1.165) is 12.1 Å². The summed E-state index contributed by atoms with van der Waals surface area (Å²) in [5.41, 5.74) is 3.02. The number of hydrogen-bond acceptors (Lipinski definition) is 2. The largest absolute Gasteiger partial charge is 0.357 e. The number of carbonyl (C=O) groups excluding carboxylic acids is 1. The first-order valence-electron chi connectivity index (χ1n) is 9.15. The number of benzene rings is 2. The van der Waals surface area contributed by atoms with E-state index in [1.165, 1.54) is 17.7 Å². The van der Waals surface area contributed by atoms with Crippen molar-refractivity contribution in [3.63, 3.8) is 0 Å². The molecule has 2 aromatic rings. The Morgan fingerprint density at radius 3 is 2.44 bits per heavy atom. The zero-order valence-corrected chi connectivity index (χ0v) is 15.9. The second kappa shape index (κ2) is 11.0. The minimum Gasteiger partial charge on any atom is -0.357 e. The molecule has 0 heterocycles. The van der Waals surface area contributed by atoms with Crippen LogP contribution in [0, 0.1) is 12.7 Å². The number of guanidine groups is 1. The van der Waals surface area contributed by atoms with Crippen LogP contribution in [0.2, 0.25) is 0 Å². The lowest BCUT2D eigenvalue weighted by Gasteiger charge is -2.12. The molecule has 2 aromatic carbocycles. The van der Waals surface area contributed by atoms with Crippen LogP contribution in [0.15, 0.2) is 53.5 Å². The van der Waals surface area contributed by atoms with Crippen LogP contribution in [0.3, 0.4) is 0 Å². The van der Waals surface area contributed by atoms with E-state index in [9.17, 15) is 9.18 Å². The van der Waals surface area contributed by atoms with Gasteiger partial charge in [0.2, 0.25) is 5.91 Å². The van der Waals surface area contributed by atoms with Crippen LogP contribution in [0.4, 0.5) is 4.39 Å². The number of carbonyl (C=O) groups is 1. The Morgan fingerprint density at radius 1 is 1.00 bits per heavy atom. The number of amides is 1. The summed E-state index contributed by atoms with van der Waals surface area (Å²) < 4.78 is 13.1. The minimum absolute atomic E-state index is 0.135. The Morgan fingerprint density at radius 2 is 1.74 bits per heavy atom. The fourth-order valence-corrected chi connectivity index (χ4v) is 2.48. The highest BCUT2D eigenvalue weighted by Crippen LogP contribution is 2.05. The molecule has 3 N–H and O–H groups in total. The number of rotatable bonds is 8. The van der Waals surface area contributed by atoms with E-state index in [2.05, 4.69) is 52.1 Å². The molecule has 0 spiro atoms. The maximum absolute atomic E-state index is 13.1. The summed E-state index contributed by atoms with van der Waals surface area (Å²) in [6.45, 7) is 6.41. The predicted molar refractivity (Wildman–Crippen MR) is 107 cm³/mol. The number of hydrogen-bond donors (Lipinski definition) is 3. The molecule has 144 valence electrons. The van der Waals surface area contributed by atoms with Crippen LogP contribution in [-0.4, -0.2) is 31.5 Å². The standard InChI is InChI=1S/C21H27FN4O/c1-3-23-21(26-15-17-9-7-16(2)8-10-17)25-12-11-24-20(27)14-18-5-4-6-19(22)13-18/h4-10,13H,3,11-12,14-15H2,1-2H3,(H,24,27)(H2,23,25,26). The van der Waals surface area contributed by atoms with Crippen molar-refractivity contribution in [2.45, 2.75) is 26.8 Å². The molecule has 0 aromatic heterocycles. The van der Waals surface area contributed by atoms with Gasteiger partial charge in [0.25, 0.3) is 0 Å². The van der Waals surface area contributed by atoms with Gasteiger partial charge in [0.05, 0.1) is 13.0 Å². The number of halogens is 1. The van der Waals surface area contributed by atoms with Gasteiger partial charge < -0.3 is 16.0 Å². The Balaban J connectivity index is 1.74. The molecule has 0 saturated carbocycles. The lowest BCUT2D eigenvalue weighted by atomic mass is 10.1. The summed E-state index contributed by atoms with van der Waals surface area (Å²) in [6.07, 6.45) is 0.166. The van der Waals surface area contributed by atoms with E-state index < -0.39 is 0 Å². The van der Waals surface area contributed by atoms with Gasteiger partial charge in [0, 0.05) is 19.6 Å². The molecule has 0 bridgehead atoms. The summed E-state index contributed by atoms with van der Waals surface area (Å²) in [6, 6.07) is 14.3. The Hall–Kier alpha value is -2.89. The number of aliphatic imine (C=N–C) groups is 1. The average Bonchev–Trinajstić information content (AvgIpc) is 2.64.